The number of methoxy groups -OCH3 is 1. The third kappa shape index (κ3) is 5.39. The second-order valence-corrected chi connectivity index (χ2v) is 8.98. The molecular formula is C28H34N2O6. The van der Waals surface area contributed by atoms with Crippen LogP contribution < -0.4 is 9.47 Å². The Morgan fingerprint density at radius 2 is 1.75 bits per heavy atom. The van der Waals surface area contributed by atoms with Gasteiger partial charge >= 0.3 is 0 Å². The Morgan fingerprint density at radius 3 is 2.39 bits per heavy atom. The highest BCUT2D eigenvalue weighted by molar-refractivity contribution is 6.46. The van der Waals surface area contributed by atoms with Gasteiger partial charge in [-0.05, 0) is 61.7 Å². The van der Waals surface area contributed by atoms with Crippen LogP contribution in [0.15, 0.2) is 48.0 Å². The predicted octanol–water partition coefficient (Wildman–Crippen LogP) is 3.55. The molecule has 2 saturated heterocycles. The van der Waals surface area contributed by atoms with Crippen molar-refractivity contribution in [2.24, 2.45) is 0 Å². The first-order valence-corrected chi connectivity index (χ1v) is 12.4. The number of hydrogen-bond donors (Lipinski definition) is 1. The molecule has 8 nitrogen and oxygen atoms in total. The number of aryl methyl sites for hydroxylation is 1. The maximum Gasteiger partial charge on any atom is 0.295 e. The highest BCUT2D eigenvalue weighted by Crippen LogP contribution is 2.40. The lowest BCUT2D eigenvalue weighted by molar-refractivity contribution is -0.140. The maximum absolute atomic E-state index is 13.3. The quantitative estimate of drug-likeness (QED) is 0.324. The van der Waals surface area contributed by atoms with Crippen molar-refractivity contribution in [2.45, 2.75) is 26.3 Å². The van der Waals surface area contributed by atoms with Crippen molar-refractivity contribution in [3.05, 3.63) is 64.7 Å². The van der Waals surface area contributed by atoms with Crippen molar-refractivity contribution in [3.63, 3.8) is 0 Å². The largest absolute Gasteiger partial charge is 0.507 e. The minimum absolute atomic E-state index is 0.101. The number of carbonyl (C=O) groups is 2. The number of hydrogen-bond acceptors (Lipinski definition) is 7. The van der Waals surface area contributed by atoms with Gasteiger partial charge in [-0.3, -0.25) is 14.5 Å². The summed E-state index contributed by atoms with van der Waals surface area (Å²) in [5.41, 5.74) is 2.10. The first-order chi connectivity index (χ1) is 17.4. The summed E-state index contributed by atoms with van der Waals surface area (Å²) in [4.78, 5) is 30.4. The van der Waals surface area contributed by atoms with Crippen LogP contribution in [0.25, 0.3) is 5.76 Å². The fraction of sp³-hybridized carbons (Fsp3) is 0.429. The average molecular weight is 495 g/mol. The Kier molecular flexibility index (Phi) is 8.28. The SMILES string of the molecule is CCOc1ccc(/C(O)=C2\C(=O)C(=O)N(CCCN3CCOCC3)C2c2ccc(OC)cc2)c(C)c1. The van der Waals surface area contributed by atoms with Crippen molar-refractivity contribution in [1.82, 2.24) is 9.80 Å². The van der Waals surface area contributed by atoms with E-state index < -0.39 is 17.7 Å². The van der Waals surface area contributed by atoms with Gasteiger partial charge in [0.15, 0.2) is 0 Å². The van der Waals surface area contributed by atoms with Gasteiger partial charge in [0.25, 0.3) is 11.7 Å². The number of amides is 1. The fourth-order valence-corrected chi connectivity index (χ4v) is 4.84. The summed E-state index contributed by atoms with van der Waals surface area (Å²) in [5, 5.41) is 11.4. The van der Waals surface area contributed by atoms with Gasteiger partial charge in [-0.25, -0.2) is 0 Å². The van der Waals surface area contributed by atoms with Crippen LogP contribution in [0.2, 0.25) is 0 Å². The number of rotatable bonds is 9. The van der Waals surface area contributed by atoms with Crippen LogP contribution in [0.5, 0.6) is 11.5 Å². The number of aliphatic hydroxyl groups excluding tert-OH is 1. The van der Waals surface area contributed by atoms with Crippen molar-refractivity contribution in [2.75, 3.05) is 53.1 Å². The standard InChI is InChI=1S/C28H34N2O6/c1-4-36-22-10-11-23(19(2)18-22)26(31)24-25(20-6-8-21(34-3)9-7-20)30(28(33)27(24)32)13-5-12-29-14-16-35-17-15-29/h6-11,18,25,31H,4-5,12-17H2,1-3H3/b26-24+. The van der Waals surface area contributed by atoms with E-state index in [2.05, 4.69) is 4.90 Å². The van der Waals surface area contributed by atoms with Gasteiger partial charge in [0.2, 0.25) is 0 Å². The smallest absolute Gasteiger partial charge is 0.295 e. The normalized spacial score (nSPS) is 20.1. The topological polar surface area (TPSA) is 88.5 Å². The minimum Gasteiger partial charge on any atom is -0.507 e. The lowest BCUT2D eigenvalue weighted by Gasteiger charge is -2.29. The molecule has 2 fully saturated rings. The summed E-state index contributed by atoms with van der Waals surface area (Å²) in [6.07, 6.45) is 0.710. The number of ketones is 1. The second kappa shape index (κ2) is 11.6. The summed E-state index contributed by atoms with van der Waals surface area (Å²) < 4.78 is 16.3. The van der Waals surface area contributed by atoms with E-state index in [1.54, 1.807) is 36.3 Å². The van der Waals surface area contributed by atoms with Crippen LogP contribution in [0.1, 0.15) is 36.1 Å². The number of nitrogens with zero attached hydrogens (tertiary/aromatic N) is 2. The molecule has 2 aliphatic heterocycles. The van der Waals surface area contributed by atoms with E-state index in [0.717, 1.165) is 30.8 Å². The summed E-state index contributed by atoms with van der Waals surface area (Å²) in [5.74, 6) is -0.0894. The lowest BCUT2D eigenvalue weighted by atomic mass is 9.93. The number of likely N-dealkylation sites (tertiary alicyclic amines) is 1. The molecule has 192 valence electrons. The summed E-state index contributed by atoms with van der Waals surface area (Å²) in [7, 11) is 1.58. The zero-order valence-corrected chi connectivity index (χ0v) is 21.2. The summed E-state index contributed by atoms with van der Waals surface area (Å²) >= 11 is 0. The number of aliphatic hydroxyl groups is 1. The van der Waals surface area contributed by atoms with Gasteiger partial charge in [-0.15, -0.1) is 0 Å². The molecule has 1 atom stereocenters. The van der Waals surface area contributed by atoms with Crippen molar-refractivity contribution < 1.29 is 28.9 Å². The number of Topliss-reactive ketones (excluding diaryl/α,β-unsaturated/α-hetero) is 1. The molecule has 36 heavy (non-hydrogen) atoms. The molecule has 1 N–H and O–H groups in total. The molecular weight excluding hydrogens is 460 g/mol. The average Bonchev–Trinajstić information content (AvgIpc) is 3.14. The van der Waals surface area contributed by atoms with Crippen molar-refractivity contribution >= 4 is 17.4 Å². The number of ether oxygens (including phenoxy) is 3. The van der Waals surface area contributed by atoms with Crippen LogP contribution in [-0.4, -0.2) is 79.7 Å². The molecule has 0 spiro atoms. The van der Waals surface area contributed by atoms with E-state index in [0.29, 0.717) is 49.8 Å². The third-order valence-electron chi connectivity index (χ3n) is 6.71. The van der Waals surface area contributed by atoms with Gasteiger partial charge in [0, 0.05) is 31.7 Å². The van der Waals surface area contributed by atoms with E-state index in [1.165, 1.54) is 0 Å². The molecule has 2 aromatic rings. The second-order valence-electron chi connectivity index (χ2n) is 8.98. The van der Waals surface area contributed by atoms with Gasteiger partial charge in [0.05, 0.1) is 38.5 Å². The predicted molar refractivity (Wildman–Crippen MR) is 136 cm³/mol. The number of carbonyl (C=O) groups excluding carboxylic acids is 2. The molecule has 2 aromatic carbocycles. The van der Waals surface area contributed by atoms with E-state index in [9.17, 15) is 14.7 Å². The van der Waals surface area contributed by atoms with E-state index in [4.69, 9.17) is 14.2 Å². The Balaban J connectivity index is 1.69. The highest BCUT2D eigenvalue weighted by atomic mass is 16.5. The zero-order chi connectivity index (χ0) is 25.7. The Morgan fingerprint density at radius 1 is 1.06 bits per heavy atom. The Bertz CT molecular complexity index is 1120. The fourth-order valence-electron chi connectivity index (χ4n) is 4.84. The van der Waals surface area contributed by atoms with Crippen LogP contribution in [0.3, 0.4) is 0 Å². The van der Waals surface area contributed by atoms with Crippen LogP contribution in [-0.2, 0) is 14.3 Å². The van der Waals surface area contributed by atoms with Gasteiger partial charge < -0.3 is 24.2 Å². The number of morpholine rings is 1. The van der Waals surface area contributed by atoms with Crippen molar-refractivity contribution in [1.29, 1.82) is 0 Å². The molecule has 1 amide bonds. The molecule has 2 aliphatic rings. The van der Waals surface area contributed by atoms with E-state index in [-0.39, 0.29) is 11.3 Å². The first kappa shape index (κ1) is 25.7. The molecule has 0 aromatic heterocycles. The zero-order valence-electron chi connectivity index (χ0n) is 21.2. The van der Waals surface area contributed by atoms with Crippen LogP contribution in [0.4, 0.5) is 0 Å². The molecule has 1 unspecified atom stereocenters. The molecule has 4 rings (SSSR count). The van der Waals surface area contributed by atoms with Gasteiger partial charge in [-0.2, -0.15) is 0 Å². The third-order valence-corrected chi connectivity index (χ3v) is 6.71. The summed E-state index contributed by atoms with van der Waals surface area (Å²) in [6, 6.07) is 11.9. The molecule has 0 aliphatic carbocycles. The van der Waals surface area contributed by atoms with Gasteiger partial charge in [0.1, 0.15) is 17.3 Å². The van der Waals surface area contributed by atoms with Gasteiger partial charge in [-0.1, -0.05) is 12.1 Å². The molecule has 0 saturated carbocycles. The minimum atomic E-state index is -0.688. The molecule has 8 heteroatoms. The Hall–Kier alpha value is -3.36. The lowest BCUT2D eigenvalue weighted by Crippen LogP contribution is -2.38. The van der Waals surface area contributed by atoms with Crippen LogP contribution in [0, 0.1) is 6.92 Å². The molecule has 2 heterocycles. The monoisotopic (exact) mass is 494 g/mol. The van der Waals surface area contributed by atoms with Crippen molar-refractivity contribution in [3.8, 4) is 11.5 Å². The summed E-state index contributed by atoms with van der Waals surface area (Å²) in [6.45, 7) is 8.61. The molecule has 0 bridgehead atoms. The van der Waals surface area contributed by atoms with Crippen LogP contribution >= 0.6 is 0 Å². The van der Waals surface area contributed by atoms with E-state index >= 15 is 0 Å². The maximum atomic E-state index is 13.3. The highest BCUT2D eigenvalue weighted by Gasteiger charge is 2.46. The Labute approximate surface area is 212 Å². The van der Waals surface area contributed by atoms with E-state index in [1.807, 2.05) is 32.0 Å². The first-order valence-electron chi connectivity index (χ1n) is 12.4. The number of benzene rings is 2. The molecule has 0 radical (unpaired) electrons.